The fourth-order valence-corrected chi connectivity index (χ4v) is 1.90. The molecule has 104 valence electrons. The Balaban J connectivity index is 2.35. The molecular formula is C16H16FNO2. The minimum absolute atomic E-state index is 0.334. The zero-order valence-corrected chi connectivity index (χ0v) is 11.4. The fraction of sp³-hybridized carbons (Fsp3) is 0.125. The number of nitrogens with one attached hydrogen (secondary N) is 1. The molecule has 0 heterocycles. The summed E-state index contributed by atoms with van der Waals surface area (Å²) in [7, 11) is 3.12. The summed E-state index contributed by atoms with van der Waals surface area (Å²) in [5.74, 6) is 0.863. The van der Waals surface area contributed by atoms with Crippen LogP contribution >= 0.6 is 0 Å². The fourth-order valence-electron chi connectivity index (χ4n) is 1.90. The third-order valence-electron chi connectivity index (χ3n) is 2.90. The first-order valence-corrected chi connectivity index (χ1v) is 6.09. The number of halogens is 1. The maximum absolute atomic E-state index is 13.7. The first-order valence-electron chi connectivity index (χ1n) is 6.09. The standard InChI is InChI=1S/C16H16FNO2/c1-11(12-7-4-5-8-13(12)17)18-16-14(19-2)9-6-10-15(16)20-3/h4-10,18H,1H2,2-3H3. The lowest BCUT2D eigenvalue weighted by molar-refractivity contribution is 0.398. The molecule has 0 fully saturated rings. The van der Waals surface area contributed by atoms with Gasteiger partial charge >= 0.3 is 0 Å². The summed E-state index contributed by atoms with van der Waals surface area (Å²) >= 11 is 0. The summed E-state index contributed by atoms with van der Waals surface area (Å²) in [5.41, 5.74) is 1.46. The molecule has 0 aliphatic rings. The summed E-state index contributed by atoms with van der Waals surface area (Å²) in [5, 5.41) is 3.05. The minimum Gasteiger partial charge on any atom is -0.494 e. The zero-order chi connectivity index (χ0) is 14.5. The lowest BCUT2D eigenvalue weighted by atomic mass is 10.1. The third-order valence-corrected chi connectivity index (χ3v) is 2.90. The van der Waals surface area contributed by atoms with Gasteiger partial charge in [0.25, 0.3) is 0 Å². The van der Waals surface area contributed by atoms with Gasteiger partial charge in [-0.05, 0) is 24.3 Å². The van der Waals surface area contributed by atoms with Gasteiger partial charge < -0.3 is 14.8 Å². The Bertz CT molecular complexity index is 603. The van der Waals surface area contributed by atoms with Crippen LogP contribution in [0.2, 0.25) is 0 Å². The molecule has 2 aromatic rings. The van der Waals surface area contributed by atoms with Gasteiger partial charge in [-0.25, -0.2) is 4.39 Å². The van der Waals surface area contributed by atoms with Gasteiger partial charge in [0, 0.05) is 11.3 Å². The van der Waals surface area contributed by atoms with E-state index in [1.807, 2.05) is 6.07 Å². The van der Waals surface area contributed by atoms with E-state index in [9.17, 15) is 4.39 Å². The molecule has 3 nitrogen and oxygen atoms in total. The van der Waals surface area contributed by atoms with Gasteiger partial charge in [-0.1, -0.05) is 24.8 Å². The number of hydrogen-bond acceptors (Lipinski definition) is 3. The second-order valence-electron chi connectivity index (χ2n) is 4.12. The van der Waals surface area contributed by atoms with Crippen LogP contribution in [0.3, 0.4) is 0 Å². The van der Waals surface area contributed by atoms with E-state index in [0.717, 1.165) is 0 Å². The Morgan fingerprint density at radius 2 is 1.60 bits per heavy atom. The average molecular weight is 273 g/mol. The molecule has 4 heteroatoms. The second kappa shape index (κ2) is 6.10. The third kappa shape index (κ3) is 2.74. The highest BCUT2D eigenvalue weighted by Gasteiger charge is 2.12. The van der Waals surface area contributed by atoms with E-state index in [2.05, 4.69) is 11.9 Å². The monoisotopic (exact) mass is 273 g/mol. The van der Waals surface area contributed by atoms with Crippen LogP contribution in [0, 0.1) is 5.82 Å². The quantitative estimate of drug-likeness (QED) is 0.895. The van der Waals surface area contributed by atoms with Gasteiger partial charge in [0.2, 0.25) is 0 Å². The van der Waals surface area contributed by atoms with Gasteiger partial charge in [-0.3, -0.25) is 0 Å². The van der Waals surface area contributed by atoms with Crippen molar-refractivity contribution < 1.29 is 13.9 Å². The van der Waals surface area contributed by atoms with E-state index in [1.54, 1.807) is 44.6 Å². The maximum Gasteiger partial charge on any atom is 0.146 e. The largest absolute Gasteiger partial charge is 0.494 e. The maximum atomic E-state index is 13.7. The topological polar surface area (TPSA) is 30.5 Å². The van der Waals surface area contributed by atoms with E-state index in [0.29, 0.717) is 28.4 Å². The number of ether oxygens (including phenoxy) is 2. The molecule has 0 aromatic heterocycles. The van der Waals surface area contributed by atoms with Crippen molar-refractivity contribution in [1.29, 1.82) is 0 Å². The molecule has 0 bridgehead atoms. The molecule has 0 atom stereocenters. The van der Waals surface area contributed by atoms with Crippen molar-refractivity contribution in [3.8, 4) is 11.5 Å². The van der Waals surface area contributed by atoms with Crippen molar-refractivity contribution in [3.63, 3.8) is 0 Å². The Kier molecular flexibility index (Phi) is 4.25. The first-order chi connectivity index (χ1) is 9.67. The highest BCUT2D eigenvalue weighted by atomic mass is 19.1. The van der Waals surface area contributed by atoms with Crippen LogP contribution < -0.4 is 14.8 Å². The number of rotatable bonds is 5. The molecular weight excluding hydrogens is 257 g/mol. The molecule has 0 aliphatic carbocycles. The minimum atomic E-state index is -0.334. The number of hydrogen-bond donors (Lipinski definition) is 1. The molecule has 0 saturated heterocycles. The highest BCUT2D eigenvalue weighted by Crippen LogP contribution is 2.36. The Hall–Kier alpha value is -2.49. The SMILES string of the molecule is C=C(Nc1c(OC)cccc1OC)c1ccccc1F. The van der Waals surface area contributed by atoms with Crippen LogP contribution in [-0.4, -0.2) is 14.2 Å². The predicted octanol–water partition coefficient (Wildman–Crippen LogP) is 3.93. The van der Waals surface area contributed by atoms with Crippen LogP contribution in [0.4, 0.5) is 10.1 Å². The molecule has 0 unspecified atom stereocenters. The molecule has 0 spiro atoms. The smallest absolute Gasteiger partial charge is 0.146 e. The van der Waals surface area contributed by atoms with E-state index in [1.165, 1.54) is 6.07 Å². The van der Waals surface area contributed by atoms with Crippen molar-refractivity contribution in [3.05, 3.63) is 60.4 Å². The predicted molar refractivity (Wildman–Crippen MR) is 78.6 cm³/mol. The molecule has 0 aliphatic heterocycles. The summed E-state index contributed by atoms with van der Waals surface area (Å²) in [4.78, 5) is 0. The van der Waals surface area contributed by atoms with Crippen LogP contribution in [0.1, 0.15) is 5.56 Å². The Labute approximate surface area is 117 Å². The molecule has 1 N–H and O–H groups in total. The molecule has 2 aromatic carbocycles. The first kappa shape index (κ1) is 13.9. The molecule has 0 saturated carbocycles. The second-order valence-corrected chi connectivity index (χ2v) is 4.12. The van der Waals surface area contributed by atoms with E-state index >= 15 is 0 Å². The normalized spacial score (nSPS) is 9.95. The average Bonchev–Trinajstić information content (AvgIpc) is 2.47. The van der Waals surface area contributed by atoms with Gasteiger partial charge in [0.1, 0.15) is 23.0 Å². The molecule has 0 amide bonds. The van der Waals surface area contributed by atoms with Crippen molar-refractivity contribution in [1.82, 2.24) is 0 Å². The highest BCUT2D eigenvalue weighted by molar-refractivity contribution is 5.81. The van der Waals surface area contributed by atoms with E-state index < -0.39 is 0 Å². The van der Waals surface area contributed by atoms with Gasteiger partial charge in [0.05, 0.1) is 14.2 Å². The Morgan fingerprint density at radius 1 is 1.00 bits per heavy atom. The van der Waals surface area contributed by atoms with Crippen LogP contribution in [0.15, 0.2) is 49.0 Å². The summed E-state index contributed by atoms with van der Waals surface area (Å²) in [6, 6.07) is 11.8. The number of anilines is 1. The van der Waals surface area contributed by atoms with Crippen molar-refractivity contribution >= 4 is 11.4 Å². The van der Waals surface area contributed by atoms with Crippen molar-refractivity contribution in [2.45, 2.75) is 0 Å². The lowest BCUT2D eigenvalue weighted by Crippen LogP contribution is -2.03. The van der Waals surface area contributed by atoms with Crippen LogP contribution in [-0.2, 0) is 0 Å². The lowest BCUT2D eigenvalue weighted by Gasteiger charge is -2.16. The van der Waals surface area contributed by atoms with Gasteiger partial charge in [-0.15, -0.1) is 0 Å². The van der Waals surface area contributed by atoms with Crippen molar-refractivity contribution in [2.75, 3.05) is 19.5 Å². The zero-order valence-electron chi connectivity index (χ0n) is 11.4. The van der Waals surface area contributed by atoms with Crippen LogP contribution in [0.25, 0.3) is 5.70 Å². The number of benzene rings is 2. The van der Waals surface area contributed by atoms with Crippen LogP contribution in [0.5, 0.6) is 11.5 Å². The van der Waals surface area contributed by atoms with Gasteiger partial charge in [-0.2, -0.15) is 0 Å². The molecule has 2 rings (SSSR count). The van der Waals surface area contributed by atoms with E-state index in [4.69, 9.17) is 9.47 Å². The Morgan fingerprint density at radius 3 is 2.15 bits per heavy atom. The van der Waals surface area contributed by atoms with Crippen molar-refractivity contribution in [2.24, 2.45) is 0 Å². The molecule has 0 radical (unpaired) electrons. The summed E-state index contributed by atoms with van der Waals surface area (Å²) in [6.45, 7) is 3.87. The van der Waals surface area contributed by atoms with Gasteiger partial charge in [0.15, 0.2) is 0 Å². The summed E-state index contributed by atoms with van der Waals surface area (Å²) < 4.78 is 24.3. The molecule has 20 heavy (non-hydrogen) atoms. The number of para-hydroxylation sites is 1. The van der Waals surface area contributed by atoms with E-state index in [-0.39, 0.29) is 5.82 Å². The number of methoxy groups -OCH3 is 2. The summed E-state index contributed by atoms with van der Waals surface area (Å²) in [6.07, 6.45) is 0.